The van der Waals surface area contributed by atoms with Gasteiger partial charge in [-0.3, -0.25) is 0 Å². The largest absolute Gasteiger partial charge is 0 e. The summed E-state index contributed by atoms with van der Waals surface area (Å²) in [6.45, 7) is 0. The van der Waals surface area contributed by atoms with Crippen molar-refractivity contribution in [2.24, 2.45) is 0 Å². The number of hydrogen-bond donors (Lipinski definition) is 0. The second kappa shape index (κ2) is 29.1. The molecule has 0 aromatic carbocycles. The fraction of sp³-hybridized carbons (Fsp3) is 0. The van der Waals surface area contributed by atoms with Gasteiger partial charge in [0.25, 0.3) is 0 Å². The number of hydrogen-bond acceptors (Lipinski definition) is 0. The predicted octanol–water partition coefficient (Wildman–Crippen LogP) is -0.502. The van der Waals surface area contributed by atoms with E-state index in [0.29, 0.717) is 0 Å². The van der Waals surface area contributed by atoms with E-state index in [0.717, 1.165) is 0 Å². The van der Waals surface area contributed by atoms with Gasteiger partial charge in [0.2, 0.25) is 0 Å². The first-order valence-electron chi connectivity index (χ1n) is 0.154. The normalized spacial score (nSPS) is 1.00. The van der Waals surface area contributed by atoms with E-state index in [1.807, 2.05) is 0 Å². The van der Waals surface area contributed by atoms with E-state index >= 15 is 0 Å². The van der Waals surface area contributed by atoms with Gasteiger partial charge in [-0.1, -0.05) is 0 Å². The van der Waals surface area contributed by atoms with Gasteiger partial charge in [0, 0.05) is 44.1 Å². The first-order valence-corrected chi connectivity index (χ1v) is 1.91. The van der Waals surface area contributed by atoms with Crippen LogP contribution in [0.5, 0.6) is 0 Å². The zero-order chi connectivity index (χ0) is 2.00. The molecule has 0 bridgehead atoms. The molecule has 28 valence electrons. The second-order valence-corrected chi connectivity index (χ2v) is 0. The summed E-state index contributed by atoms with van der Waals surface area (Å²) in [6.07, 6.45) is 0. The summed E-state index contributed by atoms with van der Waals surface area (Å²) >= 11 is 2.10. The molecule has 0 atom stereocenters. The Hall–Kier alpha value is 2.81. The van der Waals surface area contributed by atoms with Gasteiger partial charge in [-0.2, -0.15) is 0 Å². The molecule has 0 aliphatic carbocycles. The summed E-state index contributed by atoms with van der Waals surface area (Å²) in [7, 11) is 4.51. The molecule has 0 aromatic rings. The third-order valence-corrected chi connectivity index (χ3v) is 0. The van der Waals surface area contributed by atoms with Crippen molar-refractivity contribution in [3.8, 4) is 0 Å². The molecule has 0 heterocycles. The molecule has 0 saturated heterocycles. The van der Waals surface area contributed by atoms with Gasteiger partial charge in [0.05, 0.1) is 0 Å². The molecular formula is H3AlClCrNbTi. The average molecular weight is 258 g/mol. The summed E-state index contributed by atoms with van der Waals surface area (Å²) < 4.78 is 0. The summed E-state index contributed by atoms with van der Waals surface area (Å²) in [5.74, 6) is 0. The Balaban J connectivity index is -0.00000000167. The molecule has 5 heteroatoms. The number of halogens is 1. The van der Waals surface area contributed by atoms with Crippen LogP contribution >= 0.6 is 10.0 Å². The molecule has 0 amide bonds. The van der Waals surface area contributed by atoms with E-state index in [1.54, 1.807) is 0 Å². The van der Waals surface area contributed by atoms with Crippen LogP contribution in [-0.4, -0.2) is 17.4 Å². The van der Waals surface area contributed by atoms with Gasteiger partial charge in [-0.25, -0.2) is 0 Å². The van der Waals surface area contributed by atoms with E-state index in [9.17, 15) is 0 Å². The van der Waals surface area contributed by atoms with Gasteiger partial charge >= 0.3 is 25.4 Å². The quantitative estimate of drug-likeness (QED) is 0.514. The first-order chi connectivity index (χ1) is 1.00. The molecule has 0 nitrogen and oxygen atoms in total. The average Bonchev–Trinajstić information content (AvgIpc) is 1.00. The smallest absolute Gasteiger partial charge is 0 e. The molecule has 1 radical (unpaired) electrons. The molecule has 0 rings (SSSR count). The Morgan fingerprint density at radius 2 is 1.20 bits per heavy atom. The van der Waals surface area contributed by atoms with Crippen molar-refractivity contribution in [3.05, 3.63) is 0 Å². The molecular weight excluding hydrogens is 255 g/mol. The van der Waals surface area contributed by atoms with Crippen LogP contribution in [0.1, 0.15) is 0 Å². The van der Waals surface area contributed by atoms with Crippen LogP contribution in [0.3, 0.4) is 0 Å². The molecule has 0 spiro atoms. The van der Waals surface area contributed by atoms with E-state index in [-0.39, 0.29) is 61.5 Å². The fourth-order valence-electron chi connectivity index (χ4n) is 0. The van der Waals surface area contributed by atoms with Crippen LogP contribution in [0.25, 0.3) is 0 Å². The van der Waals surface area contributed by atoms with Crippen molar-refractivity contribution in [2.45, 2.75) is 0 Å². The maximum absolute atomic E-state index is 4.51. The summed E-state index contributed by atoms with van der Waals surface area (Å²) in [6, 6.07) is 0. The topological polar surface area (TPSA) is 0 Å². The molecule has 0 unspecified atom stereocenters. The summed E-state index contributed by atoms with van der Waals surface area (Å²) in [5, 5.41) is 0. The fourth-order valence-corrected chi connectivity index (χ4v) is 0. The van der Waals surface area contributed by atoms with E-state index in [4.69, 9.17) is 0 Å². The van der Waals surface area contributed by atoms with Crippen molar-refractivity contribution in [1.29, 1.82) is 0 Å². The van der Waals surface area contributed by atoms with Gasteiger partial charge in [0.1, 0.15) is 0 Å². The van der Waals surface area contributed by atoms with Crippen LogP contribution in [0.2, 0.25) is 0 Å². The Labute approximate surface area is 85.6 Å². The van der Waals surface area contributed by atoms with E-state index in [1.165, 1.54) is 0 Å². The third-order valence-electron chi connectivity index (χ3n) is 0. The zero-order valence-electron chi connectivity index (χ0n) is 1.73. The van der Waals surface area contributed by atoms with Crippen molar-refractivity contribution in [3.63, 3.8) is 0 Å². The minimum atomic E-state index is 0. The van der Waals surface area contributed by atoms with Crippen LogP contribution in [-0.2, 0) is 59.5 Å². The molecule has 0 saturated carbocycles. The Kier molecular flexibility index (Phi) is 145. The van der Waals surface area contributed by atoms with Crippen LogP contribution < -0.4 is 0 Å². The van der Waals surface area contributed by atoms with Gasteiger partial charge in [0.15, 0.2) is 17.4 Å². The van der Waals surface area contributed by atoms with E-state index in [2.05, 4.69) is 25.4 Å². The molecule has 0 aliphatic rings. The molecule has 0 aromatic heterocycles. The predicted molar refractivity (Wildman–Crippen MR) is 15.8 cm³/mol. The second-order valence-electron chi connectivity index (χ2n) is 0. The summed E-state index contributed by atoms with van der Waals surface area (Å²) in [5.41, 5.74) is 0. The van der Waals surface area contributed by atoms with Crippen molar-refractivity contribution in [1.82, 2.24) is 0 Å². The maximum Gasteiger partial charge on any atom is 0 e. The van der Waals surface area contributed by atoms with Crippen LogP contribution in [0, 0.1) is 0 Å². The molecule has 5 heavy (non-hydrogen) atoms. The molecule has 0 N–H and O–H groups in total. The Morgan fingerprint density at radius 1 is 1.20 bits per heavy atom. The van der Waals surface area contributed by atoms with E-state index < -0.39 is 0 Å². The molecule has 0 fully saturated rings. The maximum atomic E-state index is 4.51. The minimum Gasteiger partial charge on any atom is 0 e. The zero-order valence-corrected chi connectivity index (χ0v) is 7.52. The SMILES string of the molecule is [AlH3].[Cl][Cr].[Nb].[Ti]. The standard InChI is InChI=1S/Al.ClH.Cr.Nb.Ti.3H/h;1H;;;;;;/q;;+1;;;;;/p-1. The number of rotatable bonds is 0. The summed E-state index contributed by atoms with van der Waals surface area (Å²) in [4.78, 5) is 0. The van der Waals surface area contributed by atoms with Gasteiger partial charge < -0.3 is 0 Å². The van der Waals surface area contributed by atoms with Crippen molar-refractivity contribution >= 4 is 27.4 Å². The first kappa shape index (κ1) is 25.0. The Morgan fingerprint density at radius 3 is 1.20 bits per heavy atom. The van der Waals surface area contributed by atoms with Gasteiger partial charge in [-0.05, 0) is 0 Å². The Bertz CT molecular complexity index is 11.6. The monoisotopic (exact) mass is 258 g/mol. The minimum absolute atomic E-state index is 0. The van der Waals surface area contributed by atoms with Crippen LogP contribution in [0.15, 0.2) is 0 Å². The third kappa shape index (κ3) is 20.0. The van der Waals surface area contributed by atoms with Crippen molar-refractivity contribution < 1.29 is 59.5 Å². The van der Waals surface area contributed by atoms with Crippen molar-refractivity contribution in [2.75, 3.05) is 0 Å². The van der Waals surface area contributed by atoms with Gasteiger partial charge in [-0.15, -0.1) is 0 Å². The van der Waals surface area contributed by atoms with Crippen LogP contribution in [0.4, 0.5) is 0 Å². The molecule has 0 aliphatic heterocycles.